The summed E-state index contributed by atoms with van der Waals surface area (Å²) >= 11 is 0. The molecule has 1 N–H and O–H groups in total. The minimum absolute atomic E-state index is 0.00434. The van der Waals surface area contributed by atoms with Gasteiger partial charge in [-0.25, -0.2) is 22.0 Å². The van der Waals surface area contributed by atoms with Crippen molar-refractivity contribution in [1.82, 2.24) is 9.88 Å². The summed E-state index contributed by atoms with van der Waals surface area (Å²) in [6.07, 6.45) is -0.527. The number of likely N-dealkylation sites (tertiary alicyclic amines) is 1. The molecule has 1 aliphatic rings. The molecule has 1 atom stereocenters. The molecule has 0 spiro atoms. The summed E-state index contributed by atoms with van der Waals surface area (Å²) in [6.45, 7) is 0.916. The normalized spacial score (nSPS) is 16.1. The Morgan fingerprint density at radius 1 is 1.13 bits per heavy atom. The van der Waals surface area contributed by atoms with Crippen LogP contribution in [0.3, 0.4) is 0 Å². The Morgan fingerprint density at radius 3 is 2.45 bits per heavy atom. The number of nitrogens with zero attached hydrogens (tertiary/aromatic N) is 2. The first-order chi connectivity index (χ1) is 18.1. The molecule has 0 saturated carbocycles. The zero-order valence-electron chi connectivity index (χ0n) is 20.5. The van der Waals surface area contributed by atoms with Crippen molar-refractivity contribution in [2.45, 2.75) is 31.9 Å². The van der Waals surface area contributed by atoms with Crippen LogP contribution in [0, 0.1) is 40.5 Å². The van der Waals surface area contributed by atoms with Crippen molar-refractivity contribution in [2.24, 2.45) is 5.41 Å². The van der Waals surface area contributed by atoms with E-state index in [0.29, 0.717) is 24.4 Å². The van der Waals surface area contributed by atoms with E-state index >= 15 is 4.39 Å². The molecule has 0 bridgehead atoms. The Bertz CT molecular complexity index is 1390. The fraction of sp³-hybridized carbons (Fsp3) is 0.357. The summed E-state index contributed by atoms with van der Waals surface area (Å²) in [6, 6.07) is 6.35. The number of carbonyl (C=O) groups is 1. The van der Waals surface area contributed by atoms with Crippen molar-refractivity contribution in [3.05, 3.63) is 70.9 Å². The lowest BCUT2D eigenvalue weighted by molar-refractivity contribution is -0.152. The standard InChI is InChI=1S/C28H25F5N2O3/c1-38-18-4-5-24-19(15-18)25(23(32)16-34-24)20(29)6-7-28(27(36)37)8-11-35(12-9-28)10-2-3-17-13-21(30)26(33)22(31)14-17/h4-5,13-16,20H,6-12H2,1H3,(H,36,37)/t20-/m1/s1. The number of aromatic nitrogens is 1. The van der Waals surface area contributed by atoms with E-state index in [-0.39, 0.29) is 48.7 Å². The zero-order valence-corrected chi connectivity index (χ0v) is 20.5. The Hall–Kier alpha value is -3.71. The first kappa shape index (κ1) is 27.3. The Morgan fingerprint density at radius 2 is 1.82 bits per heavy atom. The number of piperidine rings is 1. The van der Waals surface area contributed by atoms with E-state index < -0.39 is 40.8 Å². The van der Waals surface area contributed by atoms with Gasteiger partial charge in [0.2, 0.25) is 0 Å². The highest BCUT2D eigenvalue weighted by Gasteiger charge is 2.41. The second kappa shape index (κ2) is 11.4. The summed E-state index contributed by atoms with van der Waals surface area (Å²) in [5.74, 6) is -0.319. The van der Waals surface area contributed by atoms with Crippen LogP contribution >= 0.6 is 0 Å². The SMILES string of the molecule is COc1ccc2ncc(F)c([C@H](F)CCC3(C(=O)O)CCN(CC#Cc4cc(F)c(F)c(F)c4)CC3)c2c1. The van der Waals surface area contributed by atoms with E-state index in [9.17, 15) is 27.5 Å². The van der Waals surface area contributed by atoms with Crippen molar-refractivity contribution >= 4 is 16.9 Å². The number of methoxy groups -OCH3 is 1. The predicted octanol–water partition coefficient (Wildman–Crippen LogP) is 5.81. The van der Waals surface area contributed by atoms with Crippen LogP contribution in [0.5, 0.6) is 5.75 Å². The highest BCUT2D eigenvalue weighted by molar-refractivity contribution is 5.84. The maximum Gasteiger partial charge on any atom is 0.309 e. The fourth-order valence-corrected chi connectivity index (χ4v) is 4.75. The highest BCUT2D eigenvalue weighted by Crippen LogP contribution is 2.41. The van der Waals surface area contributed by atoms with Crippen LogP contribution in [0.2, 0.25) is 0 Å². The summed E-state index contributed by atoms with van der Waals surface area (Å²) in [5, 5.41) is 10.3. The Balaban J connectivity index is 1.41. The van der Waals surface area contributed by atoms with Gasteiger partial charge in [0, 0.05) is 29.6 Å². The van der Waals surface area contributed by atoms with Crippen LogP contribution in [0.1, 0.15) is 43.0 Å². The molecule has 0 radical (unpaired) electrons. The molecular formula is C28H25F5N2O3. The number of fused-ring (bicyclic) bond motifs is 1. The average molecular weight is 533 g/mol. The lowest BCUT2D eigenvalue weighted by Gasteiger charge is -2.38. The van der Waals surface area contributed by atoms with Crippen LogP contribution in [-0.2, 0) is 4.79 Å². The van der Waals surface area contributed by atoms with Gasteiger partial charge in [0.05, 0.1) is 30.8 Å². The van der Waals surface area contributed by atoms with Gasteiger partial charge in [0.15, 0.2) is 17.5 Å². The number of halogens is 5. The summed E-state index contributed by atoms with van der Waals surface area (Å²) < 4.78 is 75.0. The molecule has 2 heterocycles. The minimum atomic E-state index is -1.75. The summed E-state index contributed by atoms with van der Waals surface area (Å²) in [4.78, 5) is 18.1. The molecule has 1 aromatic heterocycles. The van der Waals surface area contributed by atoms with Gasteiger partial charge in [-0.3, -0.25) is 14.7 Å². The third kappa shape index (κ3) is 5.73. The lowest BCUT2D eigenvalue weighted by atomic mass is 9.74. The van der Waals surface area contributed by atoms with Crippen LogP contribution in [-0.4, -0.2) is 47.7 Å². The number of hydrogen-bond acceptors (Lipinski definition) is 4. The Labute approximate surface area is 216 Å². The number of ether oxygens (including phenoxy) is 1. The third-order valence-electron chi connectivity index (χ3n) is 7.04. The smallest absolute Gasteiger partial charge is 0.309 e. The molecule has 3 aromatic rings. The largest absolute Gasteiger partial charge is 0.497 e. The van der Waals surface area contributed by atoms with E-state index in [1.807, 2.05) is 4.90 Å². The maximum absolute atomic E-state index is 15.4. The number of carboxylic acids is 1. The van der Waals surface area contributed by atoms with E-state index in [2.05, 4.69) is 16.8 Å². The molecule has 0 unspecified atom stereocenters. The average Bonchev–Trinajstić information content (AvgIpc) is 2.90. The number of aliphatic carboxylic acids is 1. The van der Waals surface area contributed by atoms with E-state index in [4.69, 9.17) is 4.74 Å². The molecule has 10 heteroatoms. The third-order valence-corrected chi connectivity index (χ3v) is 7.04. The molecular weight excluding hydrogens is 507 g/mol. The quantitative estimate of drug-likeness (QED) is 0.237. The molecule has 200 valence electrons. The van der Waals surface area contributed by atoms with Crippen LogP contribution in [0.15, 0.2) is 36.5 Å². The zero-order chi connectivity index (χ0) is 27.4. The number of pyridine rings is 1. The number of benzene rings is 2. The van der Waals surface area contributed by atoms with Gasteiger partial charge in [-0.05, 0) is 56.0 Å². The van der Waals surface area contributed by atoms with Gasteiger partial charge in [-0.15, -0.1) is 0 Å². The van der Waals surface area contributed by atoms with Gasteiger partial charge in [0.25, 0.3) is 0 Å². The minimum Gasteiger partial charge on any atom is -0.497 e. The summed E-state index contributed by atoms with van der Waals surface area (Å²) in [7, 11) is 1.44. The fourth-order valence-electron chi connectivity index (χ4n) is 4.75. The lowest BCUT2D eigenvalue weighted by Crippen LogP contribution is -2.44. The summed E-state index contributed by atoms with van der Waals surface area (Å²) in [5.41, 5.74) is -0.969. The Kier molecular flexibility index (Phi) is 8.17. The molecule has 0 amide bonds. The first-order valence-corrected chi connectivity index (χ1v) is 12.0. The molecule has 1 saturated heterocycles. The van der Waals surface area contributed by atoms with Crippen molar-refractivity contribution < 1.29 is 36.6 Å². The number of rotatable bonds is 7. The van der Waals surface area contributed by atoms with Crippen molar-refractivity contribution in [3.63, 3.8) is 0 Å². The first-order valence-electron chi connectivity index (χ1n) is 12.0. The van der Waals surface area contributed by atoms with Gasteiger partial charge in [-0.1, -0.05) is 11.8 Å². The van der Waals surface area contributed by atoms with Crippen LogP contribution in [0.4, 0.5) is 22.0 Å². The molecule has 5 nitrogen and oxygen atoms in total. The predicted molar refractivity (Wildman–Crippen MR) is 130 cm³/mol. The molecule has 1 aliphatic heterocycles. The van der Waals surface area contributed by atoms with E-state index in [0.717, 1.165) is 18.3 Å². The van der Waals surface area contributed by atoms with Gasteiger partial charge >= 0.3 is 5.97 Å². The van der Waals surface area contributed by atoms with Gasteiger partial charge in [-0.2, -0.15) is 0 Å². The van der Waals surface area contributed by atoms with E-state index in [1.165, 1.54) is 13.2 Å². The topological polar surface area (TPSA) is 62.7 Å². The van der Waals surface area contributed by atoms with Gasteiger partial charge < -0.3 is 9.84 Å². The van der Waals surface area contributed by atoms with Crippen molar-refractivity contribution in [3.8, 4) is 17.6 Å². The van der Waals surface area contributed by atoms with E-state index in [1.54, 1.807) is 12.1 Å². The van der Waals surface area contributed by atoms with Crippen LogP contribution < -0.4 is 4.74 Å². The van der Waals surface area contributed by atoms with Crippen LogP contribution in [0.25, 0.3) is 10.9 Å². The molecule has 1 fully saturated rings. The number of alkyl halides is 1. The number of carboxylic acid groups (broad SMARTS) is 1. The molecule has 4 rings (SSSR count). The monoisotopic (exact) mass is 532 g/mol. The number of hydrogen-bond donors (Lipinski definition) is 1. The van der Waals surface area contributed by atoms with Crippen molar-refractivity contribution in [2.75, 3.05) is 26.7 Å². The molecule has 38 heavy (non-hydrogen) atoms. The molecule has 0 aliphatic carbocycles. The van der Waals surface area contributed by atoms with Crippen molar-refractivity contribution in [1.29, 1.82) is 0 Å². The maximum atomic E-state index is 15.4. The second-order valence-electron chi connectivity index (χ2n) is 9.33. The highest BCUT2D eigenvalue weighted by atomic mass is 19.2. The second-order valence-corrected chi connectivity index (χ2v) is 9.33. The van der Waals surface area contributed by atoms with Gasteiger partial charge in [0.1, 0.15) is 17.7 Å². The molecule has 2 aromatic carbocycles.